The summed E-state index contributed by atoms with van der Waals surface area (Å²) in [4.78, 5) is 8.39. The Morgan fingerprint density at radius 1 is 1.41 bits per heavy atom. The third-order valence-electron chi connectivity index (χ3n) is 2.06. The van der Waals surface area contributed by atoms with Crippen LogP contribution in [0.15, 0.2) is 6.07 Å². The van der Waals surface area contributed by atoms with Crippen LogP contribution in [0.5, 0.6) is 5.88 Å². The van der Waals surface area contributed by atoms with E-state index in [4.69, 9.17) is 4.74 Å². The number of aromatic nitrogens is 2. The maximum atomic E-state index is 11.3. The first-order chi connectivity index (χ1) is 8.15. The van der Waals surface area contributed by atoms with Gasteiger partial charge in [0, 0.05) is 34.9 Å². The fraction of sp³-hybridized carbons (Fsp3) is 0.636. The Morgan fingerprint density at radius 3 is 2.82 bits per heavy atom. The van der Waals surface area contributed by atoms with Crippen molar-refractivity contribution in [2.45, 2.75) is 20.8 Å². The molecular formula is C11H19N3O2S. The highest BCUT2D eigenvalue weighted by Gasteiger charge is 2.02. The molecule has 96 valence electrons. The number of rotatable bonds is 7. The Bertz CT molecular complexity index is 385. The molecule has 0 spiro atoms. The van der Waals surface area contributed by atoms with E-state index in [9.17, 15) is 4.21 Å². The fourth-order valence-corrected chi connectivity index (χ4v) is 1.91. The summed E-state index contributed by atoms with van der Waals surface area (Å²) >= 11 is 0. The molecule has 0 aromatic carbocycles. The minimum absolute atomic E-state index is 0.569. The molecule has 0 bridgehead atoms. The van der Waals surface area contributed by atoms with E-state index in [1.165, 1.54) is 0 Å². The molecule has 1 atom stereocenters. The summed E-state index contributed by atoms with van der Waals surface area (Å²) in [5, 5.41) is 3.13. The first kappa shape index (κ1) is 13.9. The first-order valence-corrected chi connectivity index (χ1v) is 7.21. The molecule has 1 aromatic rings. The Kier molecular flexibility index (Phi) is 5.90. The summed E-state index contributed by atoms with van der Waals surface area (Å²) < 4.78 is 16.6. The predicted molar refractivity (Wildman–Crippen MR) is 70.0 cm³/mol. The third kappa shape index (κ3) is 5.12. The Hall–Kier alpha value is -1.17. The molecular weight excluding hydrogens is 238 g/mol. The molecule has 0 aliphatic rings. The highest BCUT2D eigenvalue weighted by atomic mass is 32.2. The van der Waals surface area contributed by atoms with Crippen molar-refractivity contribution >= 4 is 16.6 Å². The summed E-state index contributed by atoms with van der Waals surface area (Å²) in [5.41, 5.74) is 0. The zero-order valence-electron chi connectivity index (χ0n) is 10.5. The SMILES string of the molecule is CCOc1cc(NCCS(=O)CC)nc(C)n1. The third-order valence-corrected chi connectivity index (χ3v) is 3.37. The normalized spacial score (nSPS) is 12.2. The second kappa shape index (κ2) is 7.21. The van der Waals surface area contributed by atoms with Gasteiger partial charge in [-0.15, -0.1) is 0 Å². The summed E-state index contributed by atoms with van der Waals surface area (Å²) in [5.74, 6) is 3.27. The van der Waals surface area contributed by atoms with Crippen molar-refractivity contribution in [2.24, 2.45) is 0 Å². The van der Waals surface area contributed by atoms with Crippen LogP contribution in [0.2, 0.25) is 0 Å². The van der Waals surface area contributed by atoms with E-state index in [1.54, 1.807) is 6.07 Å². The maximum Gasteiger partial charge on any atom is 0.218 e. The zero-order valence-corrected chi connectivity index (χ0v) is 11.3. The van der Waals surface area contributed by atoms with Crippen LogP contribution in [0.3, 0.4) is 0 Å². The standard InChI is InChI=1S/C11H19N3O2S/c1-4-16-11-8-10(13-9(3)14-11)12-6-7-17(15)5-2/h8H,4-7H2,1-3H3,(H,12,13,14). The van der Waals surface area contributed by atoms with E-state index in [-0.39, 0.29) is 0 Å². The van der Waals surface area contributed by atoms with Gasteiger partial charge in [0.1, 0.15) is 11.6 Å². The topological polar surface area (TPSA) is 64.1 Å². The summed E-state index contributed by atoms with van der Waals surface area (Å²) in [6.45, 7) is 6.86. The van der Waals surface area contributed by atoms with Crippen LogP contribution >= 0.6 is 0 Å². The molecule has 0 radical (unpaired) electrons. The average Bonchev–Trinajstić information content (AvgIpc) is 2.28. The lowest BCUT2D eigenvalue weighted by Gasteiger charge is -2.08. The van der Waals surface area contributed by atoms with Crippen molar-refractivity contribution in [3.8, 4) is 5.88 Å². The van der Waals surface area contributed by atoms with Crippen molar-refractivity contribution in [1.82, 2.24) is 9.97 Å². The average molecular weight is 257 g/mol. The fourth-order valence-electron chi connectivity index (χ4n) is 1.29. The number of nitrogens with one attached hydrogen (secondary N) is 1. The molecule has 5 nitrogen and oxygen atoms in total. The minimum Gasteiger partial charge on any atom is -0.478 e. The van der Waals surface area contributed by atoms with Crippen LogP contribution in [0, 0.1) is 6.92 Å². The Morgan fingerprint density at radius 2 is 2.18 bits per heavy atom. The molecule has 1 aromatic heterocycles. The van der Waals surface area contributed by atoms with Crippen LogP contribution in [0.25, 0.3) is 0 Å². The van der Waals surface area contributed by atoms with Crippen molar-refractivity contribution in [1.29, 1.82) is 0 Å². The van der Waals surface area contributed by atoms with Gasteiger partial charge in [0.25, 0.3) is 0 Å². The van der Waals surface area contributed by atoms with Gasteiger partial charge in [-0.3, -0.25) is 4.21 Å². The molecule has 1 unspecified atom stereocenters. The molecule has 0 aliphatic carbocycles. The number of nitrogens with zero attached hydrogens (tertiary/aromatic N) is 2. The van der Waals surface area contributed by atoms with E-state index >= 15 is 0 Å². The van der Waals surface area contributed by atoms with Gasteiger partial charge < -0.3 is 10.1 Å². The second-order valence-corrected chi connectivity index (χ2v) is 5.30. The van der Waals surface area contributed by atoms with Crippen molar-refractivity contribution in [2.75, 3.05) is 30.0 Å². The molecule has 1 heterocycles. The van der Waals surface area contributed by atoms with Crippen LogP contribution < -0.4 is 10.1 Å². The number of aryl methyl sites for hydroxylation is 1. The summed E-state index contributed by atoms with van der Waals surface area (Å²) in [6, 6.07) is 1.76. The Balaban J connectivity index is 2.55. The smallest absolute Gasteiger partial charge is 0.218 e. The summed E-state index contributed by atoms with van der Waals surface area (Å²) in [7, 11) is -0.752. The van der Waals surface area contributed by atoms with E-state index in [0.29, 0.717) is 42.2 Å². The lowest BCUT2D eigenvalue weighted by molar-refractivity contribution is 0.325. The molecule has 0 amide bonds. The number of ether oxygens (including phenoxy) is 1. The molecule has 0 saturated carbocycles. The minimum atomic E-state index is -0.752. The quantitative estimate of drug-likeness (QED) is 0.799. The lowest BCUT2D eigenvalue weighted by atomic mass is 10.5. The molecule has 6 heteroatoms. The Labute approximate surface area is 104 Å². The highest BCUT2D eigenvalue weighted by molar-refractivity contribution is 7.84. The maximum absolute atomic E-state index is 11.3. The van der Waals surface area contributed by atoms with Crippen LogP contribution in [0.4, 0.5) is 5.82 Å². The molecule has 17 heavy (non-hydrogen) atoms. The molecule has 0 fully saturated rings. The van der Waals surface area contributed by atoms with Gasteiger partial charge in [0.15, 0.2) is 0 Å². The lowest BCUT2D eigenvalue weighted by Crippen LogP contribution is -2.13. The van der Waals surface area contributed by atoms with Gasteiger partial charge in [0.05, 0.1) is 6.61 Å². The highest BCUT2D eigenvalue weighted by Crippen LogP contribution is 2.12. The monoisotopic (exact) mass is 257 g/mol. The van der Waals surface area contributed by atoms with E-state index in [2.05, 4.69) is 15.3 Å². The van der Waals surface area contributed by atoms with Gasteiger partial charge in [-0.25, -0.2) is 4.98 Å². The van der Waals surface area contributed by atoms with E-state index in [0.717, 1.165) is 0 Å². The largest absolute Gasteiger partial charge is 0.478 e. The second-order valence-electron chi connectivity index (χ2n) is 3.43. The van der Waals surface area contributed by atoms with Crippen molar-refractivity contribution < 1.29 is 8.95 Å². The number of hydrogen-bond acceptors (Lipinski definition) is 5. The molecule has 0 aliphatic heterocycles. The van der Waals surface area contributed by atoms with Gasteiger partial charge in [-0.2, -0.15) is 4.98 Å². The zero-order chi connectivity index (χ0) is 12.7. The molecule has 1 rings (SSSR count). The predicted octanol–water partition coefficient (Wildman–Crippen LogP) is 1.36. The number of anilines is 1. The van der Waals surface area contributed by atoms with Crippen LogP contribution in [0.1, 0.15) is 19.7 Å². The van der Waals surface area contributed by atoms with Gasteiger partial charge in [0.2, 0.25) is 5.88 Å². The van der Waals surface area contributed by atoms with Crippen molar-refractivity contribution in [3.05, 3.63) is 11.9 Å². The summed E-state index contributed by atoms with van der Waals surface area (Å²) in [6.07, 6.45) is 0. The molecule has 1 N–H and O–H groups in total. The van der Waals surface area contributed by atoms with E-state index in [1.807, 2.05) is 20.8 Å². The number of hydrogen-bond donors (Lipinski definition) is 1. The van der Waals surface area contributed by atoms with Crippen LogP contribution in [-0.2, 0) is 10.8 Å². The van der Waals surface area contributed by atoms with Gasteiger partial charge in [-0.1, -0.05) is 6.92 Å². The first-order valence-electron chi connectivity index (χ1n) is 5.73. The van der Waals surface area contributed by atoms with Crippen molar-refractivity contribution in [3.63, 3.8) is 0 Å². The van der Waals surface area contributed by atoms with Gasteiger partial charge in [-0.05, 0) is 13.8 Å². The van der Waals surface area contributed by atoms with Gasteiger partial charge >= 0.3 is 0 Å². The van der Waals surface area contributed by atoms with Crippen LogP contribution in [-0.4, -0.2) is 38.8 Å². The molecule has 0 saturated heterocycles. The van der Waals surface area contributed by atoms with E-state index < -0.39 is 10.8 Å².